The highest BCUT2D eigenvalue weighted by molar-refractivity contribution is 5.79. The third-order valence-electron chi connectivity index (χ3n) is 4.50. The van der Waals surface area contributed by atoms with E-state index in [2.05, 4.69) is 50.0 Å². The van der Waals surface area contributed by atoms with E-state index in [1.54, 1.807) is 0 Å². The normalized spacial score (nSPS) is 12.6. The monoisotopic (exact) mass is 331 g/mol. The van der Waals surface area contributed by atoms with Gasteiger partial charge in [-0.15, -0.1) is 0 Å². The highest BCUT2D eigenvalue weighted by Gasteiger charge is 1.97. The maximum absolute atomic E-state index is 5.82. The third kappa shape index (κ3) is 10.5. The molecule has 0 bridgehead atoms. The van der Waals surface area contributed by atoms with Gasteiger partial charge in [-0.05, 0) is 42.2 Å². The number of hydrogen-bond donors (Lipinski definition) is 0. The Hall–Kier alpha value is -1.31. The maximum Gasteiger partial charge on any atom is 0.119 e. The summed E-state index contributed by atoms with van der Waals surface area (Å²) in [6, 6.07) is 8.27. The Balaban J connectivity index is 2.10. The fourth-order valence-corrected chi connectivity index (χ4v) is 2.54. The summed E-state index contributed by atoms with van der Waals surface area (Å²) in [6.07, 6.45) is 13.8. The number of rotatable bonds is 14. The Morgan fingerprint density at radius 1 is 0.917 bits per heavy atom. The molecule has 24 heavy (non-hydrogen) atoms. The van der Waals surface area contributed by atoms with Crippen molar-refractivity contribution in [3.8, 4) is 5.75 Å². The van der Waals surface area contributed by atoms with E-state index in [-0.39, 0.29) is 0 Å². The summed E-state index contributed by atoms with van der Waals surface area (Å²) < 4.78 is 5.82. The van der Waals surface area contributed by atoms with E-state index in [1.807, 2.05) is 6.21 Å². The predicted octanol–water partition coefficient (Wildman–Crippen LogP) is 6.67. The quantitative estimate of drug-likeness (QED) is 0.275. The van der Waals surface area contributed by atoms with Crippen LogP contribution < -0.4 is 4.74 Å². The van der Waals surface area contributed by atoms with Crippen molar-refractivity contribution < 1.29 is 4.74 Å². The molecule has 1 rings (SSSR count). The molecule has 1 aromatic carbocycles. The van der Waals surface area contributed by atoms with E-state index in [9.17, 15) is 0 Å². The molecule has 0 aliphatic heterocycles. The summed E-state index contributed by atoms with van der Waals surface area (Å²) in [6.45, 7) is 8.45. The van der Waals surface area contributed by atoms with Gasteiger partial charge in [0.1, 0.15) is 5.75 Å². The second kappa shape index (κ2) is 14.1. The minimum atomic E-state index is 0.663. The average Bonchev–Trinajstić information content (AvgIpc) is 2.61. The number of nitrogens with zero attached hydrogens (tertiary/aromatic N) is 1. The van der Waals surface area contributed by atoms with E-state index in [0.717, 1.165) is 30.9 Å². The first-order valence-corrected chi connectivity index (χ1v) is 9.99. The Labute approximate surface area is 149 Å². The number of aliphatic imine (C=N–C) groups is 1. The molecule has 0 aliphatic rings. The van der Waals surface area contributed by atoms with Crippen LogP contribution in [0.15, 0.2) is 29.3 Å². The topological polar surface area (TPSA) is 21.6 Å². The molecule has 0 saturated heterocycles. The van der Waals surface area contributed by atoms with Crippen LogP contribution in [0.25, 0.3) is 0 Å². The molecule has 1 unspecified atom stereocenters. The lowest BCUT2D eigenvalue weighted by Crippen LogP contribution is -1.98. The number of hydrogen-bond acceptors (Lipinski definition) is 2. The van der Waals surface area contributed by atoms with E-state index in [1.165, 1.54) is 51.4 Å². The van der Waals surface area contributed by atoms with Gasteiger partial charge in [-0.25, -0.2) is 0 Å². The molecule has 2 nitrogen and oxygen atoms in total. The van der Waals surface area contributed by atoms with Crippen LogP contribution in [0.3, 0.4) is 0 Å². The first kappa shape index (κ1) is 20.7. The van der Waals surface area contributed by atoms with Gasteiger partial charge in [-0.2, -0.15) is 0 Å². The van der Waals surface area contributed by atoms with Gasteiger partial charge in [0.15, 0.2) is 0 Å². The van der Waals surface area contributed by atoms with Crippen molar-refractivity contribution >= 4 is 6.21 Å². The molecule has 0 fully saturated rings. The fourth-order valence-electron chi connectivity index (χ4n) is 2.54. The maximum atomic E-state index is 5.82. The zero-order chi connectivity index (χ0) is 17.5. The molecule has 1 atom stereocenters. The standard InChI is InChI=1S/C22H37NO/c1-4-6-7-8-9-10-11-12-17-24-22-15-13-21(14-16-22)19-23-18-20(3)5-2/h13-16,19-20H,4-12,17-18H2,1-3H3. The molecule has 136 valence electrons. The Kier molecular flexibility index (Phi) is 12.2. The van der Waals surface area contributed by atoms with Gasteiger partial charge in [-0.1, -0.05) is 72.1 Å². The lowest BCUT2D eigenvalue weighted by molar-refractivity contribution is 0.304. The van der Waals surface area contributed by atoms with Crippen LogP contribution >= 0.6 is 0 Å². The molecule has 1 aromatic rings. The molecule has 0 spiro atoms. The molecule has 0 saturated carbocycles. The summed E-state index contributed by atoms with van der Waals surface area (Å²) >= 11 is 0. The van der Waals surface area contributed by atoms with Crippen molar-refractivity contribution in [1.29, 1.82) is 0 Å². The van der Waals surface area contributed by atoms with Gasteiger partial charge in [0, 0.05) is 12.8 Å². The van der Waals surface area contributed by atoms with Gasteiger partial charge >= 0.3 is 0 Å². The van der Waals surface area contributed by atoms with Crippen molar-refractivity contribution in [2.75, 3.05) is 13.2 Å². The van der Waals surface area contributed by atoms with Crippen molar-refractivity contribution in [3.05, 3.63) is 29.8 Å². The molecule has 0 radical (unpaired) electrons. The van der Waals surface area contributed by atoms with Crippen LogP contribution in [-0.2, 0) is 0 Å². The molecule has 0 aromatic heterocycles. The highest BCUT2D eigenvalue weighted by Crippen LogP contribution is 2.13. The molecule has 0 amide bonds. The minimum Gasteiger partial charge on any atom is -0.494 e. The van der Waals surface area contributed by atoms with E-state index in [4.69, 9.17) is 4.74 Å². The smallest absolute Gasteiger partial charge is 0.119 e. The predicted molar refractivity (Wildman–Crippen MR) is 106 cm³/mol. The SMILES string of the molecule is CCCCCCCCCCOc1ccc(C=NCC(C)CC)cc1. The van der Waals surface area contributed by atoms with Crippen molar-refractivity contribution in [3.63, 3.8) is 0 Å². The fraction of sp³-hybridized carbons (Fsp3) is 0.682. The second-order valence-electron chi connectivity index (χ2n) is 6.90. The largest absolute Gasteiger partial charge is 0.494 e. The Morgan fingerprint density at radius 2 is 1.54 bits per heavy atom. The zero-order valence-electron chi connectivity index (χ0n) is 16.1. The van der Waals surface area contributed by atoms with E-state index >= 15 is 0 Å². The van der Waals surface area contributed by atoms with Gasteiger partial charge in [0.2, 0.25) is 0 Å². The van der Waals surface area contributed by atoms with Crippen LogP contribution in [0.4, 0.5) is 0 Å². The Morgan fingerprint density at radius 3 is 2.17 bits per heavy atom. The van der Waals surface area contributed by atoms with E-state index in [0.29, 0.717) is 5.92 Å². The number of benzene rings is 1. The molecule has 0 aliphatic carbocycles. The van der Waals surface area contributed by atoms with E-state index < -0.39 is 0 Å². The third-order valence-corrected chi connectivity index (χ3v) is 4.50. The van der Waals surface area contributed by atoms with Crippen LogP contribution in [0, 0.1) is 5.92 Å². The van der Waals surface area contributed by atoms with Crippen molar-refractivity contribution in [2.45, 2.75) is 78.6 Å². The van der Waals surface area contributed by atoms with Gasteiger partial charge in [0.05, 0.1) is 6.61 Å². The van der Waals surface area contributed by atoms with Crippen molar-refractivity contribution in [2.24, 2.45) is 10.9 Å². The van der Waals surface area contributed by atoms with Crippen molar-refractivity contribution in [1.82, 2.24) is 0 Å². The average molecular weight is 332 g/mol. The lowest BCUT2D eigenvalue weighted by atomic mass is 10.1. The molecule has 0 N–H and O–H groups in total. The molecule has 2 heteroatoms. The molecular formula is C22H37NO. The van der Waals surface area contributed by atoms with Crippen LogP contribution in [-0.4, -0.2) is 19.4 Å². The highest BCUT2D eigenvalue weighted by atomic mass is 16.5. The number of ether oxygens (including phenoxy) is 1. The van der Waals surface area contributed by atoms with Gasteiger partial charge in [0.25, 0.3) is 0 Å². The number of unbranched alkanes of at least 4 members (excludes halogenated alkanes) is 7. The minimum absolute atomic E-state index is 0.663. The summed E-state index contributed by atoms with van der Waals surface area (Å²) in [5.74, 6) is 1.63. The summed E-state index contributed by atoms with van der Waals surface area (Å²) in [5, 5.41) is 0. The summed E-state index contributed by atoms with van der Waals surface area (Å²) in [7, 11) is 0. The molecular weight excluding hydrogens is 294 g/mol. The van der Waals surface area contributed by atoms with Crippen LogP contribution in [0.5, 0.6) is 5.75 Å². The first-order chi connectivity index (χ1) is 11.8. The Bertz CT molecular complexity index is 424. The molecule has 0 heterocycles. The first-order valence-electron chi connectivity index (χ1n) is 9.99. The second-order valence-corrected chi connectivity index (χ2v) is 6.90. The summed E-state index contributed by atoms with van der Waals surface area (Å²) in [4.78, 5) is 4.50. The van der Waals surface area contributed by atoms with Gasteiger partial charge < -0.3 is 4.74 Å². The van der Waals surface area contributed by atoms with Gasteiger partial charge in [-0.3, -0.25) is 4.99 Å². The zero-order valence-corrected chi connectivity index (χ0v) is 16.1. The lowest BCUT2D eigenvalue weighted by Gasteiger charge is -2.06. The summed E-state index contributed by atoms with van der Waals surface area (Å²) in [5.41, 5.74) is 1.15. The van der Waals surface area contributed by atoms with Crippen LogP contribution in [0.1, 0.15) is 84.1 Å². The van der Waals surface area contributed by atoms with Crippen LogP contribution in [0.2, 0.25) is 0 Å².